The van der Waals surface area contributed by atoms with Crippen LogP contribution >= 0.6 is 0 Å². The van der Waals surface area contributed by atoms with Crippen molar-refractivity contribution >= 4 is 68.9 Å². The van der Waals surface area contributed by atoms with Crippen LogP contribution in [0.25, 0.3) is 21.8 Å². The Hall–Kier alpha value is -8.10. The number of halogens is 2. The van der Waals surface area contributed by atoms with Crippen molar-refractivity contribution in [3.05, 3.63) is 144 Å². The van der Waals surface area contributed by atoms with Gasteiger partial charge in [0, 0.05) is 41.7 Å². The number of fused-ring (bicyclic) bond motifs is 2. The molecule has 0 aliphatic carbocycles. The molecule has 0 spiro atoms. The second-order valence-electron chi connectivity index (χ2n) is 15.1. The summed E-state index contributed by atoms with van der Waals surface area (Å²) in [6, 6.07) is 24.6. The third kappa shape index (κ3) is 12.5. The van der Waals surface area contributed by atoms with Gasteiger partial charge in [-0.1, -0.05) is 34.6 Å². The number of hydrogen-bond acceptors (Lipinski definition) is 16. The monoisotopic (exact) mass is 897 g/mol. The lowest BCUT2D eigenvalue weighted by molar-refractivity contribution is 0.125. The second kappa shape index (κ2) is 22.5. The lowest BCUT2D eigenvalue weighted by atomic mass is 10.2. The number of rotatable bonds is 19. The van der Waals surface area contributed by atoms with Gasteiger partial charge in [0.1, 0.15) is 60.8 Å². The highest BCUT2D eigenvalue weighted by Crippen LogP contribution is 2.27. The summed E-state index contributed by atoms with van der Waals surface area (Å²) in [7, 11) is 4.02. The van der Waals surface area contributed by atoms with Gasteiger partial charge in [-0.3, -0.25) is 9.36 Å². The molecule has 0 aliphatic heterocycles. The van der Waals surface area contributed by atoms with Crippen LogP contribution in [-0.2, 0) is 22.8 Å². The number of nitrogens with two attached hydrogens (primary N) is 2. The van der Waals surface area contributed by atoms with Gasteiger partial charge in [0.05, 0.1) is 60.1 Å². The van der Waals surface area contributed by atoms with E-state index in [4.69, 9.17) is 26.2 Å². The molecule has 0 atom stereocenters. The minimum Gasteiger partial charge on any atom is -0.396 e. The first kappa shape index (κ1) is 45.9. The van der Waals surface area contributed by atoms with Crippen molar-refractivity contribution in [2.75, 3.05) is 62.6 Å². The second-order valence-corrected chi connectivity index (χ2v) is 15.1. The van der Waals surface area contributed by atoms with Crippen LogP contribution in [0, 0.1) is 11.6 Å². The van der Waals surface area contributed by atoms with Gasteiger partial charge in [0.2, 0.25) is 0 Å². The molecule has 66 heavy (non-hydrogen) atoms. The van der Waals surface area contributed by atoms with Crippen molar-refractivity contribution in [1.29, 1.82) is 0 Å². The third-order valence-electron chi connectivity index (χ3n) is 9.83. The highest BCUT2D eigenvalue weighted by atomic mass is 19.1. The number of benzene rings is 4. The van der Waals surface area contributed by atoms with Gasteiger partial charge >= 0.3 is 0 Å². The molecular weight excluding hydrogens is 849 g/mol. The van der Waals surface area contributed by atoms with E-state index in [9.17, 15) is 8.78 Å². The Morgan fingerprint density at radius 2 is 1.15 bits per heavy atom. The van der Waals surface area contributed by atoms with Gasteiger partial charge < -0.3 is 41.8 Å². The van der Waals surface area contributed by atoms with E-state index >= 15 is 0 Å². The molecular formula is C46H49F2N15O3. The zero-order valence-corrected chi connectivity index (χ0v) is 36.3. The Kier molecular flexibility index (Phi) is 15.6. The predicted molar refractivity (Wildman–Crippen MR) is 252 cm³/mol. The van der Waals surface area contributed by atoms with Crippen molar-refractivity contribution in [3.8, 4) is 0 Å². The van der Waals surface area contributed by atoms with Crippen LogP contribution in [0.2, 0.25) is 0 Å². The Morgan fingerprint density at radius 1 is 0.667 bits per heavy atom. The zero-order chi connectivity index (χ0) is 46.3. The van der Waals surface area contributed by atoms with E-state index in [0.717, 1.165) is 57.3 Å². The van der Waals surface area contributed by atoms with Gasteiger partial charge in [0.15, 0.2) is 0 Å². The fraction of sp³-hybridized carbons (Fsp3) is 0.217. The summed E-state index contributed by atoms with van der Waals surface area (Å²) < 4.78 is 30.6. The van der Waals surface area contributed by atoms with Gasteiger partial charge in [0.25, 0.3) is 0 Å². The summed E-state index contributed by atoms with van der Waals surface area (Å²) >= 11 is 0. The number of aliphatic hydroxyl groups is 1. The molecule has 0 saturated heterocycles. The van der Waals surface area contributed by atoms with E-state index < -0.39 is 0 Å². The minimum absolute atomic E-state index is 0.0280. The van der Waals surface area contributed by atoms with Crippen LogP contribution in [0.15, 0.2) is 120 Å². The first-order valence-electron chi connectivity index (χ1n) is 20.8. The summed E-state index contributed by atoms with van der Waals surface area (Å²) in [5.41, 5.74) is 18.2. The lowest BCUT2D eigenvalue weighted by Gasteiger charge is -2.10. The molecule has 340 valence electrons. The Labute approximate surface area is 378 Å². The Morgan fingerprint density at radius 3 is 1.61 bits per heavy atom. The number of nitrogens with zero attached hydrogens (tertiary/aromatic N) is 11. The van der Waals surface area contributed by atoms with Crippen LogP contribution in [0.1, 0.15) is 35.1 Å². The SMILES string of the molecule is CN(C)CCCO/N=C/c1c(N)ncnc1Nc1ccc2c(cnn2Cc2cccc(F)c2)c1.Nc1ncnc(Nc2ccc3c(cnn3Cc3cccc(F)c3)c2)c1/C=N\OCCCO. The molecule has 0 fully saturated rings. The summed E-state index contributed by atoms with van der Waals surface area (Å²) in [5, 5.41) is 33.9. The maximum Gasteiger partial charge on any atom is 0.144 e. The van der Waals surface area contributed by atoms with Gasteiger partial charge in [-0.05, 0) is 92.3 Å². The van der Waals surface area contributed by atoms with Gasteiger partial charge in [-0.2, -0.15) is 10.2 Å². The molecule has 20 heteroatoms. The van der Waals surface area contributed by atoms with Gasteiger partial charge in [-0.15, -0.1) is 0 Å². The number of anilines is 6. The van der Waals surface area contributed by atoms with E-state index in [0.29, 0.717) is 61.3 Å². The van der Waals surface area contributed by atoms with Crippen molar-refractivity contribution in [1.82, 2.24) is 44.4 Å². The van der Waals surface area contributed by atoms with Crippen molar-refractivity contribution in [2.24, 2.45) is 10.3 Å². The average Bonchev–Trinajstić information content (AvgIpc) is 3.89. The molecule has 0 bridgehead atoms. The number of oxime groups is 2. The zero-order valence-electron chi connectivity index (χ0n) is 36.3. The van der Waals surface area contributed by atoms with Crippen LogP contribution in [0.5, 0.6) is 0 Å². The first-order chi connectivity index (χ1) is 32.1. The first-order valence-corrected chi connectivity index (χ1v) is 20.8. The highest BCUT2D eigenvalue weighted by molar-refractivity contribution is 5.94. The van der Waals surface area contributed by atoms with Crippen LogP contribution in [0.4, 0.5) is 43.4 Å². The van der Waals surface area contributed by atoms with E-state index in [1.54, 1.807) is 24.5 Å². The molecule has 7 N–H and O–H groups in total. The minimum atomic E-state index is -0.271. The molecule has 4 aromatic heterocycles. The molecule has 4 heterocycles. The standard InChI is InChI=1S/C24H27FN8O.C22H22FN7O2/c1-32(2)9-4-10-34-30-14-21-23(26)27-16-28-24(21)31-20-7-8-22-18(12-20)13-29-33(22)15-17-5-3-6-19(25)11-17;23-17-4-1-3-15(9-17)13-30-20-6-5-18(10-16(20)11-27-30)29-22-19(21(24)25-14-26-22)12-28-32-8-2-7-31/h3,5-8,11-14,16H,4,9-10,15H2,1-2H3,(H3,26,27,28,31);1,3-6,9-12,14,31H,2,7-8,13H2,(H3,24,25,26,29)/b30-14+;28-12-. The highest BCUT2D eigenvalue weighted by Gasteiger charge is 2.12. The molecule has 8 aromatic rings. The largest absolute Gasteiger partial charge is 0.396 e. The average molecular weight is 898 g/mol. The molecule has 18 nitrogen and oxygen atoms in total. The van der Waals surface area contributed by atoms with E-state index in [1.165, 1.54) is 49.3 Å². The third-order valence-corrected chi connectivity index (χ3v) is 9.83. The summed E-state index contributed by atoms with van der Waals surface area (Å²) in [6.45, 7) is 2.68. The maximum atomic E-state index is 13.5. The van der Waals surface area contributed by atoms with Crippen molar-refractivity contribution < 1.29 is 23.6 Å². The molecule has 0 saturated carbocycles. The molecule has 4 aromatic carbocycles. The molecule has 0 radical (unpaired) electrons. The smallest absolute Gasteiger partial charge is 0.144 e. The molecule has 8 rings (SSSR count). The number of nitrogen functional groups attached to an aromatic ring is 2. The fourth-order valence-corrected chi connectivity index (χ4v) is 6.60. The maximum absolute atomic E-state index is 13.5. The predicted octanol–water partition coefficient (Wildman–Crippen LogP) is 6.71. The summed E-state index contributed by atoms with van der Waals surface area (Å²) in [6.07, 6.45) is 10.6. The topological polar surface area (TPSA) is 230 Å². The Balaban J connectivity index is 0.000000197. The van der Waals surface area contributed by atoms with E-state index in [-0.39, 0.29) is 24.1 Å². The fourth-order valence-electron chi connectivity index (χ4n) is 6.60. The van der Waals surface area contributed by atoms with Crippen molar-refractivity contribution in [2.45, 2.75) is 25.9 Å². The summed E-state index contributed by atoms with van der Waals surface area (Å²) in [5.74, 6) is 0.997. The van der Waals surface area contributed by atoms with Crippen molar-refractivity contribution in [3.63, 3.8) is 0 Å². The normalized spacial score (nSPS) is 11.4. The van der Waals surface area contributed by atoms with Crippen LogP contribution in [-0.4, -0.2) is 102 Å². The number of hydrogen-bond donors (Lipinski definition) is 5. The van der Waals surface area contributed by atoms with Crippen LogP contribution < -0.4 is 22.1 Å². The number of aliphatic hydroxyl groups excluding tert-OH is 1. The summed E-state index contributed by atoms with van der Waals surface area (Å²) in [4.78, 5) is 29.1. The Bertz CT molecular complexity index is 2920. The van der Waals surface area contributed by atoms with Crippen LogP contribution in [0.3, 0.4) is 0 Å². The van der Waals surface area contributed by atoms with Gasteiger partial charge in [-0.25, -0.2) is 28.7 Å². The molecule has 0 aliphatic rings. The number of aromatic nitrogens is 8. The quantitative estimate of drug-likeness (QED) is 0.0323. The molecule has 0 amide bonds. The lowest BCUT2D eigenvalue weighted by Crippen LogP contribution is -2.14. The van der Waals surface area contributed by atoms with E-state index in [2.05, 4.69) is 56.0 Å². The number of nitrogens with one attached hydrogen (secondary N) is 2. The van der Waals surface area contributed by atoms with E-state index in [1.807, 2.05) is 72.0 Å². The molecule has 0 unspecified atom stereocenters.